The van der Waals surface area contributed by atoms with E-state index in [4.69, 9.17) is 5.11 Å². The smallest absolute Gasteiger partial charge is 0.354 e. The number of aromatic carboxylic acids is 1. The summed E-state index contributed by atoms with van der Waals surface area (Å²) in [5.41, 5.74) is 0.897. The normalized spacial score (nSPS) is 10.5. The van der Waals surface area contributed by atoms with E-state index in [1.165, 1.54) is 0 Å². The van der Waals surface area contributed by atoms with Gasteiger partial charge in [0.1, 0.15) is 5.69 Å². The number of carbonyl (C=O) groups is 1. The first-order valence-electron chi connectivity index (χ1n) is 3.76. The molecule has 0 saturated heterocycles. The minimum Gasteiger partial charge on any atom is -0.477 e. The van der Waals surface area contributed by atoms with Crippen LogP contribution in [-0.2, 0) is 0 Å². The minimum absolute atomic E-state index is 0.114. The predicted molar refractivity (Wildman–Crippen MR) is 51.3 cm³/mol. The number of hydrogen-bond acceptors (Lipinski definition) is 3. The van der Waals surface area contributed by atoms with Crippen molar-refractivity contribution in [2.75, 3.05) is 0 Å². The highest BCUT2D eigenvalue weighted by Crippen LogP contribution is 2.23. The molecule has 0 fully saturated rings. The number of aromatic nitrogens is 1. The molecule has 0 aliphatic carbocycles. The Hall–Kier alpha value is -1.42. The Bertz CT molecular complexity index is 475. The van der Waals surface area contributed by atoms with Gasteiger partial charge in [-0.3, -0.25) is 0 Å². The Labute approximate surface area is 78.7 Å². The van der Waals surface area contributed by atoms with Crippen LogP contribution in [-0.4, -0.2) is 16.1 Å². The van der Waals surface area contributed by atoms with Gasteiger partial charge in [0.05, 0.1) is 10.4 Å². The molecular weight excluding hydrogens is 186 g/mol. The Morgan fingerprint density at radius 3 is 3.08 bits per heavy atom. The molecule has 2 aromatic rings. The van der Waals surface area contributed by atoms with Crippen molar-refractivity contribution in [3.8, 4) is 0 Å². The third-order valence-electron chi connectivity index (χ3n) is 1.82. The molecule has 2 heterocycles. The molecule has 0 aliphatic heterocycles. The Morgan fingerprint density at radius 2 is 2.38 bits per heavy atom. The second-order valence-corrected chi connectivity index (χ2v) is 3.65. The average molecular weight is 193 g/mol. The molecule has 0 bridgehead atoms. The van der Waals surface area contributed by atoms with E-state index >= 15 is 0 Å². The predicted octanol–water partition coefficient (Wildman–Crippen LogP) is 2.30. The molecule has 0 atom stereocenters. The summed E-state index contributed by atoms with van der Waals surface area (Å²) in [6.07, 6.45) is 0. The number of rotatable bonds is 1. The van der Waals surface area contributed by atoms with Crippen LogP contribution in [0, 0.1) is 6.92 Å². The van der Waals surface area contributed by atoms with Gasteiger partial charge in [-0.25, -0.2) is 9.78 Å². The lowest BCUT2D eigenvalue weighted by Gasteiger charge is -1.97. The lowest BCUT2D eigenvalue weighted by atomic mass is 10.2. The fourth-order valence-electron chi connectivity index (χ4n) is 1.25. The van der Waals surface area contributed by atoms with Crippen molar-refractivity contribution < 1.29 is 9.90 Å². The zero-order valence-corrected chi connectivity index (χ0v) is 7.76. The molecule has 66 valence electrons. The average Bonchev–Trinajstić information content (AvgIpc) is 2.51. The van der Waals surface area contributed by atoms with Gasteiger partial charge in [-0.2, -0.15) is 0 Å². The molecule has 2 aromatic heterocycles. The van der Waals surface area contributed by atoms with Gasteiger partial charge in [0.15, 0.2) is 0 Å². The zero-order chi connectivity index (χ0) is 9.42. The van der Waals surface area contributed by atoms with Crippen molar-refractivity contribution in [2.24, 2.45) is 0 Å². The van der Waals surface area contributed by atoms with E-state index < -0.39 is 5.97 Å². The molecule has 0 amide bonds. The number of aryl methyl sites for hydroxylation is 1. The quantitative estimate of drug-likeness (QED) is 0.756. The third kappa shape index (κ3) is 1.29. The summed E-state index contributed by atoms with van der Waals surface area (Å²) >= 11 is 1.58. The number of carboxylic acid groups (broad SMARTS) is 1. The first kappa shape index (κ1) is 8.19. The molecule has 0 saturated carbocycles. The molecule has 2 rings (SSSR count). The standard InChI is InChI=1S/C9H7NO2S/c1-5-8-6(2-3-13-8)4-7(10-5)9(11)12/h2-4H,1H3,(H,11,12). The molecule has 4 heteroatoms. The van der Waals surface area contributed by atoms with Crippen LogP contribution in [0.5, 0.6) is 0 Å². The molecule has 0 radical (unpaired) electrons. The van der Waals surface area contributed by atoms with Gasteiger partial charge in [-0.05, 0) is 29.8 Å². The third-order valence-corrected chi connectivity index (χ3v) is 2.86. The maximum atomic E-state index is 10.7. The highest BCUT2D eigenvalue weighted by atomic mass is 32.1. The lowest BCUT2D eigenvalue weighted by molar-refractivity contribution is 0.0690. The second-order valence-electron chi connectivity index (χ2n) is 2.74. The van der Waals surface area contributed by atoms with Crippen LogP contribution in [0.1, 0.15) is 16.2 Å². The topological polar surface area (TPSA) is 50.2 Å². The fourth-order valence-corrected chi connectivity index (χ4v) is 2.08. The van der Waals surface area contributed by atoms with Crippen molar-refractivity contribution in [3.05, 3.63) is 28.9 Å². The molecular formula is C9H7NO2S. The summed E-state index contributed by atoms with van der Waals surface area (Å²) < 4.78 is 1.06. The summed E-state index contributed by atoms with van der Waals surface area (Å²) in [4.78, 5) is 14.6. The first-order chi connectivity index (χ1) is 6.18. The fraction of sp³-hybridized carbons (Fsp3) is 0.111. The zero-order valence-electron chi connectivity index (χ0n) is 6.94. The number of nitrogens with zero attached hydrogens (tertiary/aromatic N) is 1. The number of fused-ring (bicyclic) bond motifs is 1. The number of hydrogen-bond donors (Lipinski definition) is 1. The van der Waals surface area contributed by atoms with Crippen LogP contribution in [0.25, 0.3) is 10.1 Å². The number of carboxylic acids is 1. The maximum absolute atomic E-state index is 10.7. The largest absolute Gasteiger partial charge is 0.477 e. The summed E-state index contributed by atoms with van der Waals surface area (Å²) in [6.45, 7) is 1.82. The van der Waals surface area contributed by atoms with E-state index in [2.05, 4.69) is 4.98 Å². The van der Waals surface area contributed by atoms with Crippen LogP contribution in [0.15, 0.2) is 17.5 Å². The van der Waals surface area contributed by atoms with Gasteiger partial charge in [0, 0.05) is 0 Å². The van der Waals surface area contributed by atoms with E-state index in [0.717, 1.165) is 15.8 Å². The Morgan fingerprint density at radius 1 is 1.62 bits per heavy atom. The molecule has 0 unspecified atom stereocenters. The summed E-state index contributed by atoms with van der Waals surface area (Å²) in [5, 5.41) is 11.6. The molecule has 13 heavy (non-hydrogen) atoms. The first-order valence-corrected chi connectivity index (χ1v) is 4.64. The summed E-state index contributed by atoms with van der Waals surface area (Å²) in [6, 6.07) is 3.50. The van der Waals surface area contributed by atoms with Crippen molar-refractivity contribution in [1.82, 2.24) is 4.98 Å². The molecule has 3 nitrogen and oxygen atoms in total. The van der Waals surface area contributed by atoms with E-state index in [-0.39, 0.29) is 5.69 Å². The number of thiophene rings is 1. The Balaban J connectivity index is 2.77. The van der Waals surface area contributed by atoms with Crippen molar-refractivity contribution in [2.45, 2.75) is 6.92 Å². The Kier molecular flexibility index (Phi) is 1.77. The van der Waals surface area contributed by atoms with E-state index in [1.807, 2.05) is 18.4 Å². The highest BCUT2D eigenvalue weighted by Gasteiger charge is 2.08. The highest BCUT2D eigenvalue weighted by molar-refractivity contribution is 7.17. The molecule has 1 N–H and O–H groups in total. The van der Waals surface area contributed by atoms with Crippen molar-refractivity contribution in [3.63, 3.8) is 0 Å². The van der Waals surface area contributed by atoms with Crippen LogP contribution >= 0.6 is 11.3 Å². The van der Waals surface area contributed by atoms with Gasteiger partial charge in [-0.1, -0.05) is 0 Å². The molecule has 0 aliphatic rings. The monoisotopic (exact) mass is 193 g/mol. The van der Waals surface area contributed by atoms with E-state index in [0.29, 0.717) is 0 Å². The van der Waals surface area contributed by atoms with Gasteiger partial charge in [0.2, 0.25) is 0 Å². The van der Waals surface area contributed by atoms with Gasteiger partial charge in [0.25, 0.3) is 0 Å². The van der Waals surface area contributed by atoms with E-state index in [1.54, 1.807) is 17.4 Å². The summed E-state index contributed by atoms with van der Waals surface area (Å²) in [7, 11) is 0. The second kappa shape index (κ2) is 2.81. The lowest BCUT2D eigenvalue weighted by Crippen LogP contribution is -2.00. The number of pyridine rings is 1. The van der Waals surface area contributed by atoms with E-state index in [9.17, 15) is 4.79 Å². The van der Waals surface area contributed by atoms with Crippen LogP contribution in [0.2, 0.25) is 0 Å². The SMILES string of the molecule is Cc1nc(C(=O)O)cc2ccsc12. The summed E-state index contributed by atoms with van der Waals surface area (Å²) in [5.74, 6) is -0.976. The van der Waals surface area contributed by atoms with Crippen molar-refractivity contribution >= 4 is 27.4 Å². The van der Waals surface area contributed by atoms with Gasteiger partial charge >= 0.3 is 5.97 Å². The van der Waals surface area contributed by atoms with Gasteiger partial charge < -0.3 is 5.11 Å². The van der Waals surface area contributed by atoms with Crippen LogP contribution in [0.4, 0.5) is 0 Å². The van der Waals surface area contributed by atoms with Gasteiger partial charge in [-0.15, -0.1) is 11.3 Å². The van der Waals surface area contributed by atoms with Crippen LogP contribution in [0.3, 0.4) is 0 Å². The van der Waals surface area contributed by atoms with Crippen molar-refractivity contribution in [1.29, 1.82) is 0 Å². The minimum atomic E-state index is -0.976. The molecule has 0 spiro atoms. The van der Waals surface area contributed by atoms with Crippen LogP contribution < -0.4 is 0 Å². The molecule has 0 aromatic carbocycles. The maximum Gasteiger partial charge on any atom is 0.354 e.